The maximum atomic E-state index is 12.6. The molecule has 1 aliphatic carbocycles. The van der Waals surface area contributed by atoms with Crippen LogP contribution < -0.4 is 21.7 Å². The lowest BCUT2D eigenvalue weighted by Crippen LogP contribution is -2.24. The Hall–Kier alpha value is -4.91. The topological polar surface area (TPSA) is 109 Å². The summed E-state index contributed by atoms with van der Waals surface area (Å²) < 4.78 is 0. The van der Waals surface area contributed by atoms with E-state index in [1.54, 1.807) is 30.3 Å². The van der Waals surface area contributed by atoms with E-state index in [0.29, 0.717) is 35.8 Å². The van der Waals surface area contributed by atoms with Gasteiger partial charge in [0, 0.05) is 25.4 Å². The Morgan fingerprint density at radius 2 is 1.43 bits per heavy atom. The molecule has 5 rings (SSSR count). The van der Waals surface area contributed by atoms with E-state index in [-0.39, 0.29) is 11.8 Å². The molecule has 5 N–H and O–H groups in total. The Labute approximate surface area is 215 Å². The summed E-state index contributed by atoms with van der Waals surface area (Å²) in [5, 5.41) is 8.97. The van der Waals surface area contributed by atoms with Gasteiger partial charge in [0.25, 0.3) is 5.91 Å². The largest absolute Gasteiger partial charge is 0.397 e. The average molecular weight is 490 g/mol. The summed E-state index contributed by atoms with van der Waals surface area (Å²) in [5.41, 5.74) is 12.8. The molecule has 3 aromatic carbocycles. The molecule has 7 heteroatoms. The number of nitrogens with one attached hydrogen (secondary N) is 3. The van der Waals surface area contributed by atoms with Gasteiger partial charge >= 0.3 is 0 Å². The highest BCUT2D eigenvalue weighted by atomic mass is 16.2. The zero-order valence-corrected chi connectivity index (χ0v) is 20.2. The first kappa shape index (κ1) is 23.8. The monoisotopic (exact) mass is 489 g/mol. The van der Waals surface area contributed by atoms with Crippen molar-refractivity contribution >= 4 is 34.6 Å². The highest BCUT2D eigenvalue weighted by Crippen LogP contribution is 2.43. The Morgan fingerprint density at radius 3 is 2.08 bits per heavy atom. The minimum atomic E-state index is -0.277. The van der Waals surface area contributed by atoms with Gasteiger partial charge in [0.15, 0.2) is 0 Å². The molecule has 0 unspecified atom stereocenters. The fourth-order valence-corrected chi connectivity index (χ4v) is 4.34. The average Bonchev–Trinajstić information content (AvgIpc) is 3.23. The van der Waals surface area contributed by atoms with Crippen LogP contribution in [0.15, 0.2) is 97.2 Å². The molecule has 184 valence electrons. The van der Waals surface area contributed by atoms with Crippen LogP contribution in [-0.4, -0.2) is 29.9 Å². The number of rotatable bonds is 8. The smallest absolute Gasteiger partial charge is 0.257 e. The summed E-state index contributed by atoms with van der Waals surface area (Å²) in [6.07, 6.45) is 3.92. The number of pyridine rings is 1. The number of nitrogen functional groups attached to an aromatic ring is 1. The number of hydrogen-bond donors (Lipinski definition) is 4. The summed E-state index contributed by atoms with van der Waals surface area (Å²) in [5.74, 6) is 0.263. The number of benzene rings is 3. The highest BCUT2D eigenvalue weighted by Gasteiger charge is 2.22. The zero-order valence-electron chi connectivity index (χ0n) is 20.2. The van der Waals surface area contributed by atoms with Crippen molar-refractivity contribution < 1.29 is 9.59 Å². The van der Waals surface area contributed by atoms with Crippen molar-refractivity contribution in [2.75, 3.05) is 29.5 Å². The second-order valence-corrected chi connectivity index (χ2v) is 8.69. The maximum Gasteiger partial charge on any atom is 0.257 e. The van der Waals surface area contributed by atoms with Gasteiger partial charge in [0.1, 0.15) is 5.82 Å². The number of nitrogens with zero attached hydrogens (tertiary/aromatic N) is 1. The molecule has 0 atom stereocenters. The zero-order chi connectivity index (χ0) is 25.6. The first-order chi connectivity index (χ1) is 18.1. The number of fused-ring (bicyclic) bond motifs is 3. The van der Waals surface area contributed by atoms with Crippen LogP contribution in [0.4, 0.5) is 17.2 Å². The predicted octanol–water partition coefficient (Wildman–Crippen LogP) is 4.95. The minimum Gasteiger partial charge on any atom is -0.397 e. The third-order valence-electron chi connectivity index (χ3n) is 6.19. The number of carbonyl (C=O) groups excluding carboxylic acids is 2. The van der Waals surface area contributed by atoms with Gasteiger partial charge in [0.2, 0.25) is 5.91 Å². The number of aromatic nitrogens is 1. The molecular formula is C30H27N5O2. The third kappa shape index (κ3) is 5.36. The molecule has 0 saturated heterocycles. The van der Waals surface area contributed by atoms with E-state index in [0.717, 1.165) is 34.2 Å². The Bertz CT molecular complexity index is 1430. The lowest BCUT2D eigenvalue weighted by atomic mass is 10.0. The SMILES string of the molecule is Nc1ccccc1NC(=O)c1ccc(NCCCNC(=O)C=C2c3ccccc3-c3ccccc32)nc1. The normalized spacial score (nSPS) is 11.3. The van der Waals surface area contributed by atoms with Crippen molar-refractivity contribution in [1.82, 2.24) is 10.3 Å². The lowest BCUT2D eigenvalue weighted by molar-refractivity contribution is -0.116. The molecule has 1 heterocycles. The number of amides is 2. The highest BCUT2D eigenvalue weighted by molar-refractivity contribution is 6.08. The quantitative estimate of drug-likeness (QED) is 0.140. The molecule has 0 bridgehead atoms. The fourth-order valence-electron chi connectivity index (χ4n) is 4.34. The van der Waals surface area contributed by atoms with Gasteiger partial charge in [-0.15, -0.1) is 0 Å². The van der Waals surface area contributed by atoms with Crippen molar-refractivity contribution in [3.8, 4) is 11.1 Å². The van der Waals surface area contributed by atoms with Crippen molar-refractivity contribution in [1.29, 1.82) is 0 Å². The van der Waals surface area contributed by atoms with Gasteiger partial charge in [-0.05, 0) is 58.5 Å². The summed E-state index contributed by atoms with van der Waals surface area (Å²) in [4.78, 5) is 29.4. The standard InChI is InChI=1S/C30H27N5O2/c31-26-12-5-6-13-27(26)35-30(37)20-14-15-28(34-19-20)32-16-7-17-33-29(36)18-25-23-10-3-1-8-21(23)22-9-2-4-11-24(22)25/h1-6,8-15,18-19H,7,16-17,31H2,(H,32,34)(H,33,36)(H,35,37). The van der Waals surface area contributed by atoms with Gasteiger partial charge in [-0.1, -0.05) is 60.7 Å². The van der Waals surface area contributed by atoms with Crippen molar-refractivity contribution in [3.63, 3.8) is 0 Å². The molecule has 7 nitrogen and oxygen atoms in total. The van der Waals surface area contributed by atoms with Crippen LogP contribution in [0, 0.1) is 0 Å². The van der Waals surface area contributed by atoms with Gasteiger partial charge in [0.05, 0.1) is 16.9 Å². The molecule has 1 aliphatic rings. The van der Waals surface area contributed by atoms with E-state index in [2.05, 4.69) is 45.2 Å². The predicted molar refractivity (Wildman–Crippen MR) is 148 cm³/mol. The van der Waals surface area contributed by atoms with Crippen LogP contribution in [0.25, 0.3) is 16.7 Å². The lowest BCUT2D eigenvalue weighted by Gasteiger charge is -2.09. The van der Waals surface area contributed by atoms with Crippen molar-refractivity contribution in [2.24, 2.45) is 0 Å². The molecule has 0 fully saturated rings. The van der Waals surface area contributed by atoms with E-state index in [9.17, 15) is 9.59 Å². The van der Waals surface area contributed by atoms with E-state index < -0.39 is 0 Å². The first-order valence-electron chi connectivity index (χ1n) is 12.1. The van der Waals surface area contributed by atoms with Crippen molar-refractivity contribution in [3.05, 3.63) is 114 Å². The minimum absolute atomic E-state index is 0.117. The summed E-state index contributed by atoms with van der Waals surface area (Å²) >= 11 is 0. The Morgan fingerprint density at radius 1 is 0.784 bits per heavy atom. The van der Waals surface area contributed by atoms with Gasteiger partial charge < -0.3 is 21.7 Å². The second-order valence-electron chi connectivity index (χ2n) is 8.69. The molecule has 37 heavy (non-hydrogen) atoms. The van der Waals surface area contributed by atoms with Crippen molar-refractivity contribution in [2.45, 2.75) is 6.42 Å². The van der Waals surface area contributed by atoms with E-state index in [4.69, 9.17) is 5.73 Å². The molecule has 1 aromatic heterocycles. The van der Waals surface area contributed by atoms with Crippen LogP contribution >= 0.6 is 0 Å². The Balaban J connectivity index is 1.10. The Kier molecular flexibility index (Phi) is 6.94. The van der Waals surface area contributed by atoms with Crippen LogP contribution in [0.5, 0.6) is 0 Å². The van der Waals surface area contributed by atoms with Crippen LogP contribution in [-0.2, 0) is 4.79 Å². The maximum absolute atomic E-state index is 12.6. The fraction of sp³-hybridized carbons (Fsp3) is 0.100. The number of anilines is 3. The number of para-hydroxylation sites is 2. The molecule has 4 aromatic rings. The van der Waals surface area contributed by atoms with Crippen LogP contribution in [0.2, 0.25) is 0 Å². The molecule has 2 amide bonds. The summed E-state index contributed by atoms with van der Waals surface area (Å²) in [7, 11) is 0. The van der Waals surface area contributed by atoms with Gasteiger partial charge in [-0.3, -0.25) is 9.59 Å². The van der Waals surface area contributed by atoms with E-state index in [1.807, 2.05) is 36.4 Å². The van der Waals surface area contributed by atoms with E-state index >= 15 is 0 Å². The van der Waals surface area contributed by atoms with Gasteiger partial charge in [-0.25, -0.2) is 4.98 Å². The summed E-state index contributed by atoms with van der Waals surface area (Å²) in [6.45, 7) is 1.15. The summed E-state index contributed by atoms with van der Waals surface area (Å²) in [6, 6.07) is 26.9. The third-order valence-corrected chi connectivity index (χ3v) is 6.19. The number of nitrogens with two attached hydrogens (primary N) is 1. The number of hydrogen-bond acceptors (Lipinski definition) is 5. The second kappa shape index (κ2) is 10.8. The van der Waals surface area contributed by atoms with E-state index in [1.165, 1.54) is 6.20 Å². The number of carbonyl (C=O) groups is 2. The molecule has 0 radical (unpaired) electrons. The molecule has 0 spiro atoms. The first-order valence-corrected chi connectivity index (χ1v) is 12.1. The molecule has 0 saturated carbocycles. The molecular weight excluding hydrogens is 462 g/mol. The molecule has 0 aliphatic heterocycles. The van der Waals surface area contributed by atoms with Crippen LogP contribution in [0.1, 0.15) is 27.9 Å². The van der Waals surface area contributed by atoms with Gasteiger partial charge in [-0.2, -0.15) is 0 Å². The van der Waals surface area contributed by atoms with Crippen LogP contribution in [0.3, 0.4) is 0 Å².